The van der Waals surface area contributed by atoms with Crippen LogP contribution < -0.4 is 14.8 Å². The van der Waals surface area contributed by atoms with Crippen LogP contribution in [0.25, 0.3) is 0 Å². The second-order valence-corrected chi connectivity index (χ2v) is 7.88. The van der Waals surface area contributed by atoms with Crippen molar-refractivity contribution in [1.29, 1.82) is 0 Å². The number of benzene rings is 2. The lowest BCUT2D eigenvalue weighted by Gasteiger charge is -2.12. The summed E-state index contributed by atoms with van der Waals surface area (Å²) in [6.07, 6.45) is 0. The third-order valence-corrected chi connectivity index (χ3v) is 5.64. The Morgan fingerprint density at radius 3 is 2.00 bits per heavy atom. The van der Waals surface area contributed by atoms with E-state index >= 15 is 0 Å². The molecular formula is C18H24N2O4S. The molecule has 0 bridgehead atoms. The molecule has 2 aromatic carbocycles. The first kappa shape index (κ1) is 19.2. The van der Waals surface area contributed by atoms with Gasteiger partial charge in [0, 0.05) is 27.2 Å². The van der Waals surface area contributed by atoms with Crippen molar-refractivity contribution in [3.05, 3.63) is 53.6 Å². The second kappa shape index (κ2) is 8.33. The standard InChI is InChI=1S/C18H24N2O4S/c1-20(2)25(21,22)16-8-5-14(6-9-16)12-19-13-15-7-10-17(23-3)18(11-15)24-4/h5-11,19H,12-13H2,1-4H3. The highest BCUT2D eigenvalue weighted by molar-refractivity contribution is 7.89. The summed E-state index contributed by atoms with van der Waals surface area (Å²) < 4.78 is 35.8. The molecule has 0 spiro atoms. The van der Waals surface area contributed by atoms with E-state index in [1.165, 1.54) is 18.4 Å². The normalized spacial score (nSPS) is 11.6. The maximum absolute atomic E-state index is 12.0. The van der Waals surface area contributed by atoms with Crippen molar-refractivity contribution >= 4 is 10.0 Å². The molecule has 0 aliphatic heterocycles. The van der Waals surface area contributed by atoms with Gasteiger partial charge in [-0.25, -0.2) is 12.7 Å². The van der Waals surface area contributed by atoms with Crippen molar-refractivity contribution in [2.45, 2.75) is 18.0 Å². The summed E-state index contributed by atoms with van der Waals surface area (Å²) in [6, 6.07) is 12.7. The van der Waals surface area contributed by atoms with Crippen molar-refractivity contribution in [1.82, 2.24) is 9.62 Å². The molecule has 2 rings (SSSR count). The molecule has 0 aliphatic rings. The highest BCUT2D eigenvalue weighted by Crippen LogP contribution is 2.27. The van der Waals surface area contributed by atoms with Crippen LogP contribution in [-0.4, -0.2) is 41.0 Å². The van der Waals surface area contributed by atoms with Crippen molar-refractivity contribution in [3.8, 4) is 11.5 Å². The van der Waals surface area contributed by atoms with Gasteiger partial charge in [0.05, 0.1) is 19.1 Å². The van der Waals surface area contributed by atoms with E-state index in [9.17, 15) is 8.42 Å². The first-order valence-corrected chi connectivity index (χ1v) is 9.25. The summed E-state index contributed by atoms with van der Waals surface area (Å²) >= 11 is 0. The van der Waals surface area contributed by atoms with Crippen LogP contribution in [0.5, 0.6) is 11.5 Å². The van der Waals surface area contributed by atoms with E-state index in [2.05, 4.69) is 5.32 Å². The Kier molecular flexibility index (Phi) is 6.41. The molecule has 7 heteroatoms. The van der Waals surface area contributed by atoms with E-state index in [0.29, 0.717) is 29.5 Å². The quantitative estimate of drug-likeness (QED) is 0.778. The minimum absolute atomic E-state index is 0.293. The molecule has 1 N–H and O–H groups in total. The van der Waals surface area contributed by atoms with Gasteiger partial charge in [-0.2, -0.15) is 0 Å². The molecule has 0 saturated carbocycles. The summed E-state index contributed by atoms with van der Waals surface area (Å²) in [5.41, 5.74) is 2.09. The van der Waals surface area contributed by atoms with Crippen LogP contribution in [0, 0.1) is 0 Å². The number of nitrogens with one attached hydrogen (secondary N) is 1. The number of sulfonamides is 1. The van der Waals surface area contributed by atoms with Crippen molar-refractivity contribution < 1.29 is 17.9 Å². The Morgan fingerprint density at radius 1 is 0.880 bits per heavy atom. The molecule has 0 heterocycles. The first-order chi connectivity index (χ1) is 11.9. The predicted octanol–water partition coefficient (Wildman–Crippen LogP) is 2.24. The molecule has 0 amide bonds. The van der Waals surface area contributed by atoms with E-state index in [-0.39, 0.29) is 0 Å². The third kappa shape index (κ3) is 4.72. The van der Waals surface area contributed by atoms with E-state index in [1.54, 1.807) is 26.4 Å². The Balaban J connectivity index is 1.96. The fourth-order valence-corrected chi connectivity index (χ4v) is 3.23. The molecule has 2 aromatic rings. The molecule has 0 aromatic heterocycles. The summed E-state index contributed by atoms with van der Waals surface area (Å²) in [5.74, 6) is 1.39. The van der Waals surface area contributed by atoms with E-state index in [1.807, 2.05) is 30.3 Å². The van der Waals surface area contributed by atoms with Gasteiger partial charge in [0.15, 0.2) is 11.5 Å². The van der Waals surface area contributed by atoms with Crippen LogP contribution in [0.4, 0.5) is 0 Å². The summed E-state index contributed by atoms with van der Waals surface area (Å²) in [7, 11) is 2.88. The van der Waals surface area contributed by atoms with Gasteiger partial charge in [-0.3, -0.25) is 0 Å². The lowest BCUT2D eigenvalue weighted by Crippen LogP contribution is -2.22. The molecule has 0 aliphatic carbocycles. The number of nitrogens with zero attached hydrogens (tertiary/aromatic N) is 1. The van der Waals surface area contributed by atoms with E-state index in [0.717, 1.165) is 11.1 Å². The van der Waals surface area contributed by atoms with E-state index in [4.69, 9.17) is 9.47 Å². The van der Waals surface area contributed by atoms with Crippen molar-refractivity contribution in [2.75, 3.05) is 28.3 Å². The lowest BCUT2D eigenvalue weighted by molar-refractivity contribution is 0.354. The monoisotopic (exact) mass is 364 g/mol. The lowest BCUT2D eigenvalue weighted by atomic mass is 10.2. The molecule has 0 saturated heterocycles. The molecule has 0 radical (unpaired) electrons. The largest absolute Gasteiger partial charge is 0.493 e. The topological polar surface area (TPSA) is 67.9 Å². The van der Waals surface area contributed by atoms with E-state index < -0.39 is 10.0 Å². The highest BCUT2D eigenvalue weighted by atomic mass is 32.2. The minimum Gasteiger partial charge on any atom is -0.493 e. The van der Waals surface area contributed by atoms with Crippen LogP contribution in [-0.2, 0) is 23.1 Å². The fourth-order valence-electron chi connectivity index (χ4n) is 2.33. The Morgan fingerprint density at radius 2 is 1.44 bits per heavy atom. The summed E-state index contributed by atoms with van der Waals surface area (Å²) in [5, 5.41) is 3.33. The maximum Gasteiger partial charge on any atom is 0.242 e. The Hall–Kier alpha value is -2.09. The molecular weight excluding hydrogens is 340 g/mol. The number of hydrogen-bond acceptors (Lipinski definition) is 5. The highest BCUT2D eigenvalue weighted by Gasteiger charge is 2.16. The number of methoxy groups -OCH3 is 2. The average molecular weight is 364 g/mol. The summed E-state index contributed by atoms with van der Waals surface area (Å²) in [4.78, 5) is 0.293. The van der Waals surface area contributed by atoms with Crippen molar-refractivity contribution in [3.63, 3.8) is 0 Å². The molecule has 6 nitrogen and oxygen atoms in total. The second-order valence-electron chi connectivity index (χ2n) is 5.72. The maximum atomic E-state index is 12.0. The number of rotatable bonds is 8. The molecule has 0 fully saturated rings. The third-order valence-electron chi connectivity index (χ3n) is 3.81. The molecule has 0 unspecified atom stereocenters. The van der Waals surface area contributed by atoms with Gasteiger partial charge < -0.3 is 14.8 Å². The van der Waals surface area contributed by atoms with Gasteiger partial charge in [-0.1, -0.05) is 18.2 Å². The van der Waals surface area contributed by atoms with Gasteiger partial charge in [0.25, 0.3) is 0 Å². The van der Waals surface area contributed by atoms with Gasteiger partial charge in [0.2, 0.25) is 10.0 Å². The van der Waals surface area contributed by atoms with Gasteiger partial charge >= 0.3 is 0 Å². The average Bonchev–Trinajstić information content (AvgIpc) is 2.61. The summed E-state index contributed by atoms with van der Waals surface area (Å²) in [6.45, 7) is 1.30. The molecule has 136 valence electrons. The number of hydrogen-bond donors (Lipinski definition) is 1. The van der Waals surface area contributed by atoms with Crippen LogP contribution in [0.2, 0.25) is 0 Å². The minimum atomic E-state index is -3.38. The van der Waals surface area contributed by atoms with Gasteiger partial charge in [0.1, 0.15) is 0 Å². The van der Waals surface area contributed by atoms with Crippen molar-refractivity contribution in [2.24, 2.45) is 0 Å². The van der Waals surface area contributed by atoms with Gasteiger partial charge in [-0.05, 0) is 35.4 Å². The predicted molar refractivity (Wildman–Crippen MR) is 97.4 cm³/mol. The Labute approximate surface area is 149 Å². The molecule has 0 atom stereocenters. The first-order valence-electron chi connectivity index (χ1n) is 7.81. The van der Waals surface area contributed by atoms with Crippen LogP contribution in [0.3, 0.4) is 0 Å². The zero-order chi connectivity index (χ0) is 18.4. The SMILES string of the molecule is COc1ccc(CNCc2ccc(S(=O)(=O)N(C)C)cc2)cc1OC. The van der Waals surface area contributed by atoms with Crippen LogP contribution >= 0.6 is 0 Å². The smallest absolute Gasteiger partial charge is 0.242 e. The zero-order valence-corrected chi connectivity index (χ0v) is 15.8. The fraction of sp³-hybridized carbons (Fsp3) is 0.333. The van der Waals surface area contributed by atoms with Gasteiger partial charge in [-0.15, -0.1) is 0 Å². The molecule has 25 heavy (non-hydrogen) atoms. The van der Waals surface area contributed by atoms with Crippen LogP contribution in [0.1, 0.15) is 11.1 Å². The Bertz CT molecular complexity index is 802. The number of ether oxygens (including phenoxy) is 2. The zero-order valence-electron chi connectivity index (χ0n) is 14.9. The van der Waals surface area contributed by atoms with Crippen LogP contribution in [0.15, 0.2) is 47.4 Å².